The number of nitrogens with zero attached hydrogens (tertiary/aromatic N) is 2. The number of rotatable bonds is 7. The SMILES string of the molecule is O=C(CCC(=O)N1CCN(Cc2ccccc2)CC1)CC12CC3CC(CC(C3)C1)C2. The Morgan fingerprint density at radius 2 is 1.43 bits per heavy atom. The molecule has 4 saturated carbocycles. The molecule has 4 heteroatoms. The molecule has 0 N–H and O–H groups in total. The average Bonchev–Trinajstić information content (AvgIpc) is 2.72. The van der Waals surface area contributed by atoms with Crippen LogP contribution in [0.3, 0.4) is 0 Å². The van der Waals surface area contributed by atoms with Gasteiger partial charge < -0.3 is 4.90 Å². The lowest BCUT2D eigenvalue weighted by Crippen LogP contribution is -2.48. The highest BCUT2D eigenvalue weighted by atomic mass is 16.2. The van der Waals surface area contributed by atoms with Crippen LogP contribution in [0.4, 0.5) is 0 Å². The Kier molecular flexibility index (Phi) is 5.70. The molecule has 1 amide bonds. The molecule has 5 fully saturated rings. The zero-order chi connectivity index (χ0) is 20.6. The van der Waals surface area contributed by atoms with Crippen molar-refractivity contribution in [1.82, 2.24) is 9.80 Å². The van der Waals surface area contributed by atoms with E-state index in [4.69, 9.17) is 0 Å². The summed E-state index contributed by atoms with van der Waals surface area (Å²) in [6.07, 6.45) is 9.70. The smallest absolute Gasteiger partial charge is 0.223 e. The lowest BCUT2D eigenvalue weighted by atomic mass is 9.48. The second-order valence-corrected chi connectivity index (χ2v) is 10.8. The van der Waals surface area contributed by atoms with E-state index in [9.17, 15) is 9.59 Å². The summed E-state index contributed by atoms with van der Waals surface area (Å²) in [5, 5.41) is 0. The first-order valence-electron chi connectivity index (χ1n) is 12.1. The van der Waals surface area contributed by atoms with Crippen molar-refractivity contribution in [2.75, 3.05) is 26.2 Å². The van der Waals surface area contributed by atoms with E-state index in [1.54, 1.807) is 0 Å². The minimum Gasteiger partial charge on any atom is -0.340 e. The molecule has 30 heavy (non-hydrogen) atoms. The molecule has 0 radical (unpaired) electrons. The van der Waals surface area contributed by atoms with Crippen molar-refractivity contribution in [2.24, 2.45) is 23.2 Å². The van der Waals surface area contributed by atoms with Gasteiger partial charge in [-0.1, -0.05) is 30.3 Å². The molecule has 6 rings (SSSR count). The second kappa shape index (κ2) is 8.45. The zero-order valence-corrected chi connectivity index (χ0v) is 18.2. The van der Waals surface area contributed by atoms with Gasteiger partial charge in [-0.2, -0.15) is 0 Å². The van der Waals surface area contributed by atoms with Gasteiger partial charge in [0.1, 0.15) is 5.78 Å². The standard InChI is InChI=1S/C26H36N2O2/c29-24(18-26-15-21-12-22(16-26)14-23(13-21)17-26)6-7-25(30)28-10-8-27(9-11-28)19-20-4-2-1-3-5-20/h1-5,21-23H,6-19H2. The molecule has 1 aliphatic heterocycles. The Hall–Kier alpha value is -1.68. The van der Waals surface area contributed by atoms with Gasteiger partial charge in [0.2, 0.25) is 5.91 Å². The molecule has 4 aliphatic carbocycles. The molecule has 1 aromatic carbocycles. The van der Waals surface area contributed by atoms with Crippen LogP contribution in [0.25, 0.3) is 0 Å². The van der Waals surface area contributed by atoms with Gasteiger partial charge in [-0.05, 0) is 67.3 Å². The summed E-state index contributed by atoms with van der Waals surface area (Å²) in [6.45, 7) is 4.36. The van der Waals surface area contributed by atoms with Gasteiger partial charge in [-0.25, -0.2) is 0 Å². The molecule has 5 aliphatic rings. The van der Waals surface area contributed by atoms with Gasteiger partial charge in [-0.3, -0.25) is 14.5 Å². The van der Waals surface area contributed by atoms with Crippen LogP contribution in [0.2, 0.25) is 0 Å². The lowest BCUT2D eigenvalue weighted by Gasteiger charge is -2.56. The number of hydrogen-bond acceptors (Lipinski definition) is 3. The van der Waals surface area contributed by atoms with E-state index >= 15 is 0 Å². The number of ketones is 1. The third-order valence-electron chi connectivity index (χ3n) is 8.33. The first-order valence-corrected chi connectivity index (χ1v) is 12.1. The van der Waals surface area contributed by atoms with Crippen molar-refractivity contribution in [3.05, 3.63) is 35.9 Å². The summed E-state index contributed by atoms with van der Waals surface area (Å²) in [5.41, 5.74) is 1.63. The van der Waals surface area contributed by atoms with Gasteiger partial charge in [0, 0.05) is 52.0 Å². The molecule has 1 saturated heterocycles. The fraction of sp³-hybridized carbons (Fsp3) is 0.692. The topological polar surface area (TPSA) is 40.6 Å². The number of carbonyl (C=O) groups excluding carboxylic acids is 2. The molecular weight excluding hydrogens is 372 g/mol. The van der Waals surface area contributed by atoms with Gasteiger partial charge in [0.05, 0.1) is 0 Å². The fourth-order valence-corrected chi connectivity index (χ4v) is 7.41. The number of amides is 1. The molecule has 0 aromatic heterocycles. The number of carbonyl (C=O) groups is 2. The highest BCUT2D eigenvalue weighted by Gasteiger charge is 2.51. The minimum atomic E-state index is 0.174. The maximum Gasteiger partial charge on any atom is 0.223 e. The first kappa shape index (κ1) is 20.2. The Labute approximate surface area is 181 Å². The van der Waals surface area contributed by atoms with E-state index in [0.717, 1.165) is 56.9 Å². The predicted molar refractivity (Wildman–Crippen MR) is 118 cm³/mol. The second-order valence-electron chi connectivity index (χ2n) is 10.8. The molecular formula is C26H36N2O2. The normalized spacial score (nSPS) is 33.1. The number of Topliss-reactive ketones (excluding diaryl/α,β-unsaturated/α-hetero) is 1. The predicted octanol–water partition coefficient (Wildman–Crippen LogP) is 4.29. The summed E-state index contributed by atoms with van der Waals surface area (Å²) in [5.74, 6) is 3.18. The van der Waals surface area contributed by atoms with Crippen LogP contribution in [0.1, 0.15) is 63.4 Å². The van der Waals surface area contributed by atoms with Gasteiger partial charge in [-0.15, -0.1) is 0 Å². The third-order valence-corrected chi connectivity index (χ3v) is 8.33. The lowest BCUT2D eigenvalue weighted by molar-refractivity contribution is -0.136. The van der Waals surface area contributed by atoms with E-state index in [-0.39, 0.29) is 5.91 Å². The molecule has 0 spiro atoms. The fourth-order valence-electron chi connectivity index (χ4n) is 7.41. The van der Waals surface area contributed by atoms with Gasteiger partial charge in [0.25, 0.3) is 0 Å². The Morgan fingerprint density at radius 1 is 0.833 bits per heavy atom. The molecule has 4 nitrogen and oxygen atoms in total. The van der Waals surface area contributed by atoms with E-state index < -0.39 is 0 Å². The van der Waals surface area contributed by atoms with Crippen LogP contribution in [-0.4, -0.2) is 47.7 Å². The maximum atomic E-state index is 12.8. The van der Waals surface area contributed by atoms with Crippen molar-refractivity contribution in [2.45, 2.75) is 64.3 Å². The molecule has 162 valence electrons. The summed E-state index contributed by atoms with van der Waals surface area (Å²) in [4.78, 5) is 29.9. The van der Waals surface area contributed by atoms with Gasteiger partial charge >= 0.3 is 0 Å². The van der Waals surface area contributed by atoms with Crippen LogP contribution in [0, 0.1) is 23.2 Å². The highest BCUT2D eigenvalue weighted by Crippen LogP contribution is 2.61. The van der Waals surface area contributed by atoms with Crippen molar-refractivity contribution < 1.29 is 9.59 Å². The monoisotopic (exact) mass is 408 g/mol. The number of hydrogen-bond donors (Lipinski definition) is 0. The van der Waals surface area contributed by atoms with E-state index in [0.29, 0.717) is 24.0 Å². The average molecular weight is 409 g/mol. The molecule has 4 bridgehead atoms. The first-order chi connectivity index (χ1) is 14.6. The summed E-state index contributed by atoms with van der Waals surface area (Å²) >= 11 is 0. The molecule has 0 atom stereocenters. The number of piperazine rings is 1. The molecule has 0 unspecified atom stereocenters. The van der Waals surface area contributed by atoms with Crippen molar-refractivity contribution >= 4 is 11.7 Å². The van der Waals surface area contributed by atoms with E-state index in [2.05, 4.69) is 29.2 Å². The summed E-state index contributed by atoms with van der Waals surface area (Å²) in [6, 6.07) is 10.5. The van der Waals surface area contributed by atoms with Crippen molar-refractivity contribution in [1.29, 1.82) is 0 Å². The van der Waals surface area contributed by atoms with Crippen molar-refractivity contribution in [3.63, 3.8) is 0 Å². The van der Waals surface area contributed by atoms with E-state index in [1.165, 1.54) is 44.1 Å². The quantitative estimate of drug-likeness (QED) is 0.676. The Bertz CT molecular complexity index is 731. The Morgan fingerprint density at radius 3 is 2.03 bits per heavy atom. The maximum absolute atomic E-state index is 12.8. The highest BCUT2D eigenvalue weighted by molar-refractivity contribution is 5.85. The zero-order valence-electron chi connectivity index (χ0n) is 18.2. The Balaban J connectivity index is 1.05. The largest absolute Gasteiger partial charge is 0.340 e. The summed E-state index contributed by atoms with van der Waals surface area (Å²) in [7, 11) is 0. The van der Waals surface area contributed by atoms with Crippen LogP contribution < -0.4 is 0 Å². The van der Waals surface area contributed by atoms with Gasteiger partial charge in [0.15, 0.2) is 0 Å². The van der Waals surface area contributed by atoms with Crippen molar-refractivity contribution in [3.8, 4) is 0 Å². The third kappa shape index (κ3) is 4.49. The van der Waals surface area contributed by atoms with Crippen LogP contribution in [0.15, 0.2) is 30.3 Å². The van der Waals surface area contributed by atoms with Crippen LogP contribution >= 0.6 is 0 Å². The summed E-state index contributed by atoms with van der Waals surface area (Å²) < 4.78 is 0. The minimum absolute atomic E-state index is 0.174. The van der Waals surface area contributed by atoms with Crippen LogP contribution in [0.5, 0.6) is 0 Å². The van der Waals surface area contributed by atoms with Crippen LogP contribution in [-0.2, 0) is 16.1 Å². The number of benzene rings is 1. The van der Waals surface area contributed by atoms with E-state index in [1.807, 2.05) is 11.0 Å². The molecule has 1 aromatic rings. The molecule has 1 heterocycles.